The lowest BCUT2D eigenvalue weighted by Gasteiger charge is -2.31. The quantitative estimate of drug-likeness (QED) is 0.0143. The first kappa shape index (κ1) is 80.1. The summed E-state index contributed by atoms with van der Waals surface area (Å²) >= 11 is 6.27. The first-order valence-electron chi connectivity index (χ1n) is 34.9. The van der Waals surface area contributed by atoms with E-state index in [0.717, 1.165) is 10.8 Å². The predicted molar refractivity (Wildman–Crippen MR) is 386 cm³/mol. The normalized spacial score (nSPS) is 22.0. The van der Waals surface area contributed by atoms with E-state index in [-0.39, 0.29) is 95.7 Å². The van der Waals surface area contributed by atoms with Crippen LogP contribution in [0.1, 0.15) is 101 Å². The summed E-state index contributed by atoms with van der Waals surface area (Å²) in [4.78, 5) is 220. The highest BCUT2D eigenvalue weighted by molar-refractivity contribution is 6.30. The van der Waals surface area contributed by atoms with Crippen LogP contribution in [0.25, 0.3) is 10.8 Å². The van der Waals surface area contributed by atoms with E-state index in [9.17, 15) is 47.9 Å². The van der Waals surface area contributed by atoms with E-state index < -0.39 is 175 Å². The SMILES string of the molecule is CC(=O)N[C@H](Cc1ccc2ccccc2c1)C(=O)N[C@H](Cc1ccc(Cl)cc1)C(=O)N[C@H](Cc1cccnc1)C(=O)N[C@H]1CC(=O)NC[C@@H](C(N)=O)NC(=O)[C@@H]2CCCN2C(=O)[C@@H]2CCNC(=O)[C@H](Cc3c[nH]cn3)NC(=O)CC[C@H](NC1=O)C(=O)N[C@H](CCCN=C(N)N)C(=O)N[C@@H](CC(C)C)C(=O)N2. The van der Waals surface area contributed by atoms with Crippen LogP contribution in [-0.4, -0.2) is 201 Å². The number of aliphatic imine (C=N–C) groups is 1. The second kappa shape index (κ2) is 38.8. The molecule has 35 heteroatoms. The van der Waals surface area contributed by atoms with Gasteiger partial charge in [-0.1, -0.05) is 86.1 Å². The number of benzene rings is 3. The predicted octanol–water partition coefficient (Wildman–Crippen LogP) is -2.85. The number of amides is 14. The van der Waals surface area contributed by atoms with Gasteiger partial charge in [0, 0.05) is 88.8 Å². The Kier molecular flexibility index (Phi) is 29.3. The van der Waals surface area contributed by atoms with Crippen molar-refractivity contribution in [2.75, 3.05) is 26.2 Å². The van der Waals surface area contributed by atoms with E-state index in [4.69, 9.17) is 28.8 Å². The van der Waals surface area contributed by atoms with Crippen molar-refractivity contribution in [1.29, 1.82) is 0 Å². The number of hydrogen-bond donors (Lipinski definition) is 16. The summed E-state index contributed by atoms with van der Waals surface area (Å²) in [5, 5.41) is 33.7. The van der Waals surface area contributed by atoms with Crippen LogP contribution < -0.4 is 81.0 Å². The highest BCUT2D eigenvalue weighted by Crippen LogP contribution is 2.22. The molecular weight excluding hydrogens is 1390 g/mol. The van der Waals surface area contributed by atoms with Gasteiger partial charge in [0.1, 0.15) is 66.5 Å². The number of hydrogen-bond acceptors (Lipinski definition) is 17. The lowest BCUT2D eigenvalue weighted by Crippen LogP contribution is -2.61. The minimum atomic E-state index is -2.08. The van der Waals surface area contributed by atoms with Gasteiger partial charge in [0.15, 0.2) is 5.96 Å². The number of rotatable bonds is 22. The largest absolute Gasteiger partial charge is 0.370 e. The molecule has 106 heavy (non-hydrogen) atoms. The summed E-state index contributed by atoms with van der Waals surface area (Å²) in [6.45, 7) is 3.56. The Morgan fingerprint density at radius 2 is 1.32 bits per heavy atom. The third kappa shape index (κ3) is 24.3. The summed E-state index contributed by atoms with van der Waals surface area (Å²) in [6, 6.07) is 5.13. The maximum atomic E-state index is 15.4. The number of nitrogens with two attached hydrogens (primary N) is 3. The summed E-state index contributed by atoms with van der Waals surface area (Å²) in [6.07, 6.45) is 2.22. The van der Waals surface area contributed by atoms with Crippen molar-refractivity contribution in [2.45, 2.75) is 171 Å². The first-order chi connectivity index (χ1) is 50.7. The van der Waals surface area contributed by atoms with Crippen molar-refractivity contribution >= 4 is 111 Å². The summed E-state index contributed by atoms with van der Waals surface area (Å²) in [5.74, 6) is -13.9. The lowest BCUT2D eigenvalue weighted by molar-refractivity contribution is -0.142. The number of guanidine groups is 1. The highest BCUT2D eigenvalue weighted by atomic mass is 35.5. The number of aromatic amines is 1. The Balaban J connectivity index is 1.20. The molecule has 0 aliphatic carbocycles. The average Bonchev–Trinajstić information content (AvgIpc) is 1.21. The number of fused-ring (bicyclic) bond motifs is 11. The molecule has 0 unspecified atom stereocenters. The number of carbonyl (C=O) groups is 14. The molecule has 0 radical (unpaired) electrons. The summed E-state index contributed by atoms with van der Waals surface area (Å²) in [7, 11) is 0. The Labute approximate surface area is 615 Å². The third-order valence-corrected chi connectivity index (χ3v) is 18.2. The average molecular weight is 1480 g/mol. The molecule has 2 bridgehead atoms. The van der Waals surface area contributed by atoms with Crippen molar-refractivity contribution in [2.24, 2.45) is 28.1 Å². The van der Waals surface area contributed by atoms with Gasteiger partial charge < -0.3 is 90.9 Å². The molecule has 3 aliphatic heterocycles. The van der Waals surface area contributed by atoms with Gasteiger partial charge in [-0.2, -0.15) is 0 Å². The number of carbonyl (C=O) groups excluding carboxylic acids is 14. The van der Waals surface area contributed by atoms with E-state index in [1.54, 1.807) is 56.3 Å². The highest BCUT2D eigenvalue weighted by Gasteiger charge is 2.42. The molecule has 566 valence electrons. The van der Waals surface area contributed by atoms with Gasteiger partial charge in [0.25, 0.3) is 0 Å². The fourth-order valence-corrected chi connectivity index (χ4v) is 12.6. The van der Waals surface area contributed by atoms with Crippen molar-refractivity contribution in [3.63, 3.8) is 0 Å². The number of imidazole rings is 1. The zero-order chi connectivity index (χ0) is 76.6. The molecule has 5 heterocycles. The van der Waals surface area contributed by atoms with E-state index in [1.165, 1.54) is 36.7 Å². The molecule has 0 saturated carbocycles. The van der Waals surface area contributed by atoms with Crippen LogP contribution in [0, 0.1) is 5.92 Å². The van der Waals surface area contributed by atoms with Gasteiger partial charge in [-0.15, -0.1) is 0 Å². The number of nitrogens with one attached hydrogen (secondary N) is 13. The van der Waals surface area contributed by atoms with Gasteiger partial charge in [-0.05, 0) is 96.5 Å². The maximum absolute atomic E-state index is 15.4. The number of H-pyrrole nitrogens is 1. The van der Waals surface area contributed by atoms with E-state index in [0.29, 0.717) is 27.4 Å². The molecule has 19 N–H and O–H groups in total. The second-order valence-corrected chi connectivity index (χ2v) is 27.1. The van der Waals surface area contributed by atoms with Crippen LogP contribution in [0.15, 0.2) is 109 Å². The van der Waals surface area contributed by atoms with Gasteiger partial charge in [0.05, 0.1) is 18.4 Å². The molecule has 3 fully saturated rings. The van der Waals surface area contributed by atoms with Crippen LogP contribution in [0.3, 0.4) is 0 Å². The molecule has 5 aromatic rings. The lowest BCUT2D eigenvalue weighted by atomic mass is 9.99. The van der Waals surface area contributed by atoms with Gasteiger partial charge in [-0.3, -0.25) is 77.1 Å². The molecular formula is C71H91ClN20O14. The van der Waals surface area contributed by atoms with Crippen molar-refractivity contribution in [3.8, 4) is 0 Å². The Morgan fingerprint density at radius 3 is 2.00 bits per heavy atom. The molecule has 14 amide bonds. The number of halogens is 1. The second-order valence-electron chi connectivity index (χ2n) is 26.7. The molecule has 3 aromatic carbocycles. The Morgan fingerprint density at radius 1 is 0.651 bits per heavy atom. The molecule has 0 spiro atoms. The van der Waals surface area contributed by atoms with Crippen LogP contribution in [0.5, 0.6) is 0 Å². The topological polar surface area (TPSA) is 519 Å². The summed E-state index contributed by atoms with van der Waals surface area (Å²) in [5.41, 5.74) is 18.9. The molecule has 2 aromatic heterocycles. The zero-order valence-corrected chi connectivity index (χ0v) is 59.6. The van der Waals surface area contributed by atoms with Crippen LogP contribution in [-0.2, 0) is 92.8 Å². The van der Waals surface area contributed by atoms with Gasteiger partial charge in [-0.25, -0.2) is 4.98 Å². The van der Waals surface area contributed by atoms with E-state index in [1.807, 2.05) is 36.4 Å². The van der Waals surface area contributed by atoms with Gasteiger partial charge >= 0.3 is 0 Å². The third-order valence-electron chi connectivity index (χ3n) is 17.9. The smallest absolute Gasteiger partial charge is 0.245 e. The van der Waals surface area contributed by atoms with E-state index >= 15 is 19.2 Å². The van der Waals surface area contributed by atoms with Crippen molar-refractivity contribution in [3.05, 3.63) is 131 Å². The van der Waals surface area contributed by atoms with Crippen LogP contribution in [0.4, 0.5) is 0 Å². The molecule has 3 aliphatic rings. The number of pyridine rings is 1. The Hall–Kier alpha value is -11.6. The minimum absolute atomic E-state index is 0.0187. The fraction of sp³-hybridized carbons (Fsp3) is 0.451. The Bertz CT molecular complexity index is 4030. The van der Waals surface area contributed by atoms with E-state index in [2.05, 4.69) is 83.7 Å². The number of primary amides is 1. The molecule has 11 atom stereocenters. The molecule has 3 saturated heterocycles. The van der Waals surface area contributed by atoms with Crippen molar-refractivity contribution < 1.29 is 67.1 Å². The van der Waals surface area contributed by atoms with Crippen molar-refractivity contribution in [1.82, 2.24) is 83.7 Å². The fourth-order valence-electron chi connectivity index (χ4n) is 12.5. The standard InChI is InChI=1S/C71H91ClN20O14/c1-38(2)27-50-64(100)86-49-22-25-78-61(97)54(32-46-35-77-37-81-46)83-58(94)21-20-48(63(99)84-47(62(98)87-50)12-7-24-79-71(74)75)85-68(104)55(33-59(95)80-36-56(60(73)96)91-69(105)57-13-8-26-92(57)70(49)106)90-67(103)53(31-42-9-6-23-76-34-42)89-66(102)52(29-40-15-18-45(72)19-16-40)88-65(101)51(82-39(3)93)30-41-14-17-43-10-4-5-11-44(43)28-41/h4-6,9-11,14-19,23,28,34-35,37-38,47-57H,7-8,12-13,20-22,24-27,29-33,36H2,1-3H3,(H2,73,96)(H,77,81)(H,78,97)(H,80,95)(H,82,93)(H,83,94)(H,84,99)(H,85,104)(H,86,100)(H,87,98)(H,88,101)(H,89,102)(H,90,103)(H,91,105)(H4,74,75,79)/t47-,48+,49+,50+,51-,52-,53-,54+,55+,56+,57+/m1/s1. The monoisotopic (exact) mass is 1480 g/mol. The summed E-state index contributed by atoms with van der Waals surface area (Å²) < 4.78 is 0. The molecule has 8 rings (SSSR count). The number of nitrogens with zero attached hydrogens (tertiary/aromatic N) is 4. The minimum Gasteiger partial charge on any atom is -0.370 e. The number of aromatic nitrogens is 3. The van der Waals surface area contributed by atoms with Gasteiger partial charge in [0.2, 0.25) is 82.7 Å². The van der Waals surface area contributed by atoms with Crippen LogP contribution >= 0.6 is 11.6 Å². The first-order valence-corrected chi connectivity index (χ1v) is 35.3. The zero-order valence-electron chi connectivity index (χ0n) is 58.9. The maximum Gasteiger partial charge on any atom is 0.245 e. The van der Waals surface area contributed by atoms with Crippen LogP contribution in [0.2, 0.25) is 5.02 Å². The molecule has 34 nitrogen and oxygen atoms in total.